The monoisotopic (exact) mass is 424 g/mol. The van der Waals surface area contributed by atoms with E-state index >= 15 is 0 Å². The van der Waals surface area contributed by atoms with Crippen molar-refractivity contribution < 1.29 is 9.84 Å². The van der Waals surface area contributed by atoms with Crippen molar-refractivity contribution in [2.45, 2.75) is 45.6 Å². The number of pyridine rings is 1. The second-order valence-corrected chi connectivity index (χ2v) is 9.51. The maximum atomic E-state index is 10.1. The number of ether oxygens (including phenoxy) is 1. The van der Waals surface area contributed by atoms with Gasteiger partial charge in [0.1, 0.15) is 10.9 Å². The van der Waals surface area contributed by atoms with Crippen LogP contribution in [-0.4, -0.2) is 28.3 Å². The molecule has 4 aromatic rings. The van der Waals surface area contributed by atoms with Crippen LogP contribution in [0, 0.1) is 6.92 Å². The van der Waals surface area contributed by atoms with E-state index < -0.39 is 0 Å². The Morgan fingerprint density at radius 2 is 2.10 bits per heavy atom. The molecule has 3 heterocycles. The fourth-order valence-corrected chi connectivity index (χ4v) is 6.53. The maximum Gasteiger partial charge on any atom is 0.124 e. The zero-order valence-electron chi connectivity index (χ0n) is 16.7. The third kappa shape index (κ3) is 3.19. The summed E-state index contributed by atoms with van der Waals surface area (Å²) in [7, 11) is 0. The van der Waals surface area contributed by atoms with Crippen LogP contribution >= 0.6 is 22.7 Å². The Morgan fingerprint density at radius 1 is 1.24 bits per heavy atom. The smallest absolute Gasteiger partial charge is 0.124 e. The van der Waals surface area contributed by atoms with Crippen LogP contribution in [0.5, 0.6) is 0 Å². The van der Waals surface area contributed by atoms with E-state index in [1.807, 2.05) is 30.7 Å². The second kappa shape index (κ2) is 7.76. The van der Waals surface area contributed by atoms with Gasteiger partial charge in [-0.1, -0.05) is 6.07 Å². The van der Waals surface area contributed by atoms with Gasteiger partial charge in [-0.2, -0.15) is 0 Å². The molecule has 3 aromatic heterocycles. The topological polar surface area (TPSA) is 55.2 Å². The highest BCUT2D eigenvalue weighted by Crippen LogP contribution is 2.45. The number of thiazole rings is 1. The lowest BCUT2D eigenvalue weighted by atomic mass is 9.88. The summed E-state index contributed by atoms with van der Waals surface area (Å²) in [5.74, 6) is 0. The summed E-state index contributed by atoms with van der Waals surface area (Å²) < 4.78 is 7.15. The molecule has 150 valence electrons. The lowest BCUT2D eigenvalue weighted by Gasteiger charge is -2.22. The van der Waals surface area contributed by atoms with Gasteiger partial charge >= 0.3 is 0 Å². The van der Waals surface area contributed by atoms with E-state index in [9.17, 15) is 5.11 Å². The van der Waals surface area contributed by atoms with Crippen molar-refractivity contribution >= 4 is 43.1 Å². The number of aryl methyl sites for hydroxylation is 3. The van der Waals surface area contributed by atoms with Gasteiger partial charge < -0.3 is 9.84 Å². The minimum absolute atomic E-state index is 0.0554. The predicted octanol–water partition coefficient (Wildman–Crippen LogP) is 5.83. The highest BCUT2D eigenvalue weighted by Gasteiger charge is 2.27. The SMILES string of the molecule is CCOC(CO)c1c(C)nc2sc3c(c2c1-c1ccc2scnc2c1)CCCC3. The van der Waals surface area contributed by atoms with Crippen LogP contribution in [0.1, 0.15) is 47.6 Å². The van der Waals surface area contributed by atoms with Gasteiger partial charge in [0.05, 0.1) is 22.3 Å². The molecular formula is C23H24N2O2S2. The first-order valence-corrected chi connectivity index (χ1v) is 11.9. The van der Waals surface area contributed by atoms with E-state index in [-0.39, 0.29) is 12.7 Å². The lowest BCUT2D eigenvalue weighted by Crippen LogP contribution is -2.13. The number of fused-ring (bicyclic) bond motifs is 4. The van der Waals surface area contributed by atoms with Crippen molar-refractivity contribution in [2.24, 2.45) is 0 Å². The quantitative estimate of drug-likeness (QED) is 0.438. The van der Waals surface area contributed by atoms with E-state index in [4.69, 9.17) is 9.72 Å². The molecule has 0 saturated heterocycles. The molecule has 1 aromatic carbocycles. The minimum Gasteiger partial charge on any atom is -0.393 e. The van der Waals surface area contributed by atoms with Crippen LogP contribution < -0.4 is 0 Å². The molecule has 1 unspecified atom stereocenters. The molecule has 0 spiro atoms. The van der Waals surface area contributed by atoms with Crippen LogP contribution in [-0.2, 0) is 17.6 Å². The standard InChI is InChI=1S/C23H24N2O2S2/c1-3-27-17(11-26)20-13(2)25-23-22(15-6-4-5-7-18(15)29-23)21(20)14-8-9-19-16(10-14)24-12-28-19/h8-10,12,17,26H,3-7,11H2,1-2H3. The van der Waals surface area contributed by atoms with Crippen molar-refractivity contribution in [3.63, 3.8) is 0 Å². The molecule has 0 saturated carbocycles. The first-order chi connectivity index (χ1) is 14.2. The Bertz CT molecular complexity index is 1190. The van der Waals surface area contributed by atoms with E-state index in [1.54, 1.807) is 11.3 Å². The molecule has 1 aliphatic rings. The van der Waals surface area contributed by atoms with Gasteiger partial charge in [-0.3, -0.25) is 0 Å². The molecule has 1 N–H and O–H groups in total. The molecule has 0 amide bonds. The van der Waals surface area contributed by atoms with Crippen molar-refractivity contribution in [1.29, 1.82) is 0 Å². The summed E-state index contributed by atoms with van der Waals surface area (Å²) in [4.78, 5) is 12.1. The number of aliphatic hydroxyl groups is 1. The minimum atomic E-state index is -0.378. The lowest BCUT2D eigenvalue weighted by molar-refractivity contribution is 0.0188. The molecule has 0 fully saturated rings. The highest BCUT2D eigenvalue weighted by atomic mass is 32.1. The van der Waals surface area contributed by atoms with Crippen molar-refractivity contribution in [1.82, 2.24) is 9.97 Å². The average molecular weight is 425 g/mol. The Kier molecular flexibility index (Phi) is 5.12. The first kappa shape index (κ1) is 19.1. The predicted molar refractivity (Wildman–Crippen MR) is 121 cm³/mol. The molecule has 0 bridgehead atoms. The number of rotatable bonds is 5. The molecule has 4 nitrogen and oxygen atoms in total. The summed E-state index contributed by atoms with van der Waals surface area (Å²) in [6, 6.07) is 6.52. The van der Waals surface area contributed by atoms with Gasteiger partial charge in [0.2, 0.25) is 0 Å². The zero-order valence-corrected chi connectivity index (χ0v) is 18.3. The Morgan fingerprint density at radius 3 is 2.93 bits per heavy atom. The van der Waals surface area contributed by atoms with Gasteiger partial charge in [0.15, 0.2) is 0 Å². The first-order valence-electron chi connectivity index (χ1n) is 10.2. The normalized spacial score (nSPS) is 15.1. The summed E-state index contributed by atoms with van der Waals surface area (Å²) in [5, 5.41) is 11.4. The van der Waals surface area contributed by atoms with E-state index in [0.29, 0.717) is 6.61 Å². The fourth-order valence-electron chi connectivity index (χ4n) is 4.55. The van der Waals surface area contributed by atoms with Crippen molar-refractivity contribution in [3.05, 3.63) is 45.4 Å². The number of aliphatic hydroxyl groups excluding tert-OH is 1. The third-order valence-electron chi connectivity index (χ3n) is 5.81. The van der Waals surface area contributed by atoms with Gasteiger partial charge in [-0.15, -0.1) is 22.7 Å². The average Bonchev–Trinajstić information content (AvgIpc) is 3.34. The van der Waals surface area contributed by atoms with Crippen LogP contribution in [0.2, 0.25) is 0 Å². The fraction of sp³-hybridized carbons (Fsp3) is 0.391. The van der Waals surface area contributed by atoms with Crippen LogP contribution in [0.25, 0.3) is 31.6 Å². The molecule has 0 aliphatic heterocycles. The number of thiophene rings is 1. The van der Waals surface area contributed by atoms with Gasteiger partial charge in [0, 0.05) is 28.1 Å². The van der Waals surface area contributed by atoms with Crippen LogP contribution in [0.15, 0.2) is 23.7 Å². The zero-order chi connectivity index (χ0) is 20.0. The summed E-state index contributed by atoms with van der Waals surface area (Å²) in [6.45, 7) is 4.51. The third-order valence-corrected chi connectivity index (χ3v) is 7.80. The highest BCUT2D eigenvalue weighted by molar-refractivity contribution is 7.19. The number of aromatic nitrogens is 2. The Hall–Kier alpha value is -1.86. The molecular weight excluding hydrogens is 400 g/mol. The molecule has 1 aliphatic carbocycles. The number of hydrogen-bond donors (Lipinski definition) is 1. The van der Waals surface area contributed by atoms with Crippen molar-refractivity contribution in [3.8, 4) is 11.1 Å². The Labute approximate surface area is 178 Å². The number of nitrogens with zero attached hydrogens (tertiary/aromatic N) is 2. The largest absolute Gasteiger partial charge is 0.393 e. The summed E-state index contributed by atoms with van der Waals surface area (Å²) in [5.41, 5.74) is 8.63. The number of hydrogen-bond acceptors (Lipinski definition) is 6. The number of benzene rings is 1. The van der Waals surface area contributed by atoms with Gasteiger partial charge in [-0.05, 0) is 68.4 Å². The van der Waals surface area contributed by atoms with Gasteiger partial charge in [-0.25, -0.2) is 9.97 Å². The van der Waals surface area contributed by atoms with Crippen LogP contribution in [0.4, 0.5) is 0 Å². The molecule has 29 heavy (non-hydrogen) atoms. The van der Waals surface area contributed by atoms with Crippen molar-refractivity contribution in [2.75, 3.05) is 13.2 Å². The summed E-state index contributed by atoms with van der Waals surface area (Å²) >= 11 is 3.50. The van der Waals surface area contributed by atoms with Crippen LogP contribution in [0.3, 0.4) is 0 Å². The Balaban J connectivity index is 1.87. The van der Waals surface area contributed by atoms with Gasteiger partial charge in [0.25, 0.3) is 0 Å². The van der Waals surface area contributed by atoms with E-state index in [0.717, 1.165) is 40.0 Å². The second-order valence-electron chi connectivity index (χ2n) is 7.54. The summed E-state index contributed by atoms with van der Waals surface area (Å²) in [6.07, 6.45) is 4.34. The molecule has 0 radical (unpaired) electrons. The molecule has 6 heteroatoms. The molecule has 5 rings (SSSR count). The molecule has 1 atom stereocenters. The maximum absolute atomic E-state index is 10.1. The van der Waals surface area contributed by atoms with E-state index in [2.05, 4.69) is 23.2 Å². The van der Waals surface area contributed by atoms with E-state index in [1.165, 1.54) is 38.9 Å².